The van der Waals surface area contributed by atoms with Gasteiger partial charge in [0.2, 0.25) is 0 Å². The molecule has 1 spiro atoms. The molecule has 0 amide bonds. The number of carbonyl (C=O) groups is 1. The highest BCUT2D eigenvalue weighted by Gasteiger charge is 2.67. The molecule has 0 aromatic heterocycles. The molecular formula is C11H16O. The molecule has 66 valence electrons. The van der Waals surface area contributed by atoms with Crippen molar-refractivity contribution in [2.24, 2.45) is 16.7 Å². The van der Waals surface area contributed by atoms with Gasteiger partial charge in [-0.05, 0) is 42.9 Å². The minimum absolute atomic E-state index is 0.459. The van der Waals surface area contributed by atoms with Gasteiger partial charge in [0.15, 0.2) is 0 Å². The lowest BCUT2D eigenvalue weighted by atomic mass is 9.78. The number of rotatable bonds is 0. The molecule has 4 fully saturated rings. The van der Waals surface area contributed by atoms with Crippen LogP contribution in [0.4, 0.5) is 0 Å². The van der Waals surface area contributed by atoms with E-state index in [1.54, 1.807) is 0 Å². The zero-order chi connectivity index (χ0) is 8.40. The van der Waals surface area contributed by atoms with Crippen LogP contribution in [-0.2, 0) is 4.79 Å². The molecule has 0 aromatic carbocycles. The Morgan fingerprint density at radius 1 is 1.33 bits per heavy atom. The Morgan fingerprint density at radius 3 is 2.83 bits per heavy atom. The molecule has 0 aliphatic heterocycles. The number of carbonyl (C=O) groups excluding carboxylic acids is 1. The first-order valence-corrected chi connectivity index (χ1v) is 5.18. The third-order valence-corrected chi connectivity index (χ3v) is 4.87. The maximum absolute atomic E-state index is 11.6. The molecule has 12 heavy (non-hydrogen) atoms. The van der Waals surface area contributed by atoms with Gasteiger partial charge in [0.25, 0.3) is 0 Å². The van der Waals surface area contributed by atoms with Crippen LogP contribution in [-0.4, -0.2) is 5.78 Å². The van der Waals surface area contributed by atoms with Crippen LogP contribution in [0.25, 0.3) is 0 Å². The molecule has 0 heterocycles. The van der Waals surface area contributed by atoms with E-state index in [-0.39, 0.29) is 0 Å². The summed E-state index contributed by atoms with van der Waals surface area (Å²) in [5.74, 6) is 1.04. The molecule has 3 atom stereocenters. The van der Waals surface area contributed by atoms with Crippen molar-refractivity contribution in [3.05, 3.63) is 0 Å². The summed E-state index contributed by atoms with van der Waals surface area (Å²) in [5, 5.41) is 0. The Bertz CT molecular complexity index is 258. The van der Waals surface area contributed by atoms with Gasteiger partial charge in [-0.1, -0.05) is 6.92 Å². The topological polar surface area (TPSA) is 17.1 Å². The quantitative estimate of drug-likeness (QED) is 0.537. The van der Waals surface area contributed by atoms with Crippen LogP contribution in [0.5, 0.6) is 0 Å². The van der Waals surface area contributed by atoms with Crippen molar-refractivity contribution in [3.63, 3.8) is 0 Å². The molecule has 4 aliphatic rings. The molecular weight excluding hydrogens is 148 g/mol. The van der Waals surface area contributed by atoms with Crippen molar-refractivity contribution >= 4 is 5.78 Å². The number of ketones is 1. The van der Waals surface area contributed by atoms with E-state index in [9.17, 15) is 4.79 Å². The van der Waals surface area contributed by atoms with Gasteiger partial charge in [-0.15, -0.1) is 0 Å². The smallest absolute Gasteiger partial charge is 0.136 e. The van der Waals surface area contributed by atoms with E-state index >= 15 is 0 Å². The van der Waals surface area contributed by atoms with Crippen molar-refractivity contribution < 1.29 is 4.79 Å². The third-order valence-electron chi connectivity index (χ3n) is 4.87. The van der Waals surface area contributed by atoms with Gasteiger partial charge in [0, 0.05) is 12.3 Å². The molecule has 4 saturated carbocycles. The van der Waals surface area contributed by atoms with Gasteiger partial charge in [-0.3, -0.25) is 4.79 Å². The SMILES string of the molecule is CC12CCC3CCC1(CC3=O)C2. The highest BCUT2D eigenvalue weighted by molar-refractivity contribution is 5.83. The second kappa shape index (κ2) is 1.78. The summed E-state index contributed by atoms with van der Waals surface area (Å²) in [5.41, 5.74) is 1.07. The summed E-state index contributed by atoms with van der Waals surface area (Å²) >= 11 is 0. The lowest BCUT2D eigenvalue weighted by Gasteiger charge is -2.25. The number of Topliss-reactive ketones (excluding diaryl/α,β-unsaturated/α-hetero) is 1. The lowest BCUT2D eigenvalue weighted by molar-refractivity contribution is -0.126. The monoisotopic (exact) mass is 164 g/mol. The Morgan fingerprint density at radius 2 is 2.08 bits per heavy atom. The van der Waals surface area contributed by atoms with Crippen LogP contribution < -0.4 is 0 Å². The average molecular weight is 164 g/mol. The minimum Gasteiger partial charge on any atom is -0.299 e. The second-order valence-electron chi connectivity index (χ2n) is 5.44. The normalized spacial score (nSPS) is 56.4. The van der Waals surface area contributed by atoms with Crippen LogP contribution in [0.2, 0.25) is 0 Å². The lowest BCUT2D eigenvalue weighted by Crippen LogP contribution is -2.24. The van der Waals surface area contributed by atoms with E-state index in [2.05, 4.69) is 6.92 Å². The van der Waals surface area contributed by atoms with E-state index in [0.717, 1.165) is 6.42 Å². The Hall–Kier alpha value is -0.330. The predicted molar refractivity (Wildman–Crippen MR) is 46.7 cm³/mol. The summed E-state index contributed by atoms with van der Waals surface area (Å²) in [7, 11) is 0. The van der Waals surface area contributed by atoms with Crippen molar-refractivity contribution in [2.45, 2.75) is 45.4 Å². The highest BCUT2D eigenvalue weighted by Crippen LogP contribution is 2.74. The molecule has 0 saturated heterocycles. The minimum atomic E-state index is 0.459. The standard InChI is InChI=1S/C11H16O/c1-10-4-2-8-3-5-11(10,7-10)6-9(8)12/h8H,2-7H2,1H3. The first-order valence-electron chi connectivity index (χ1n) is 5.18. The summed E-state index contributed by atoms with van der Waals surface area (Å²) in [6, 6.07) is 0. The van der Waals surface area contributed by atoms with Crippen LogP contribution >= 0.6 is 0 Å². The van der Waals surface area contributed by atoms with Crippen molar-refractivity contribution in [1.82, 2.24) is 0 Å². The molecule has 4 rings (SSSR count). The average Bonchev–Trinajstić information content (AvgIpc) is 2.56. The van der Waals surface area contributed by atoms with Crippen molar-refractivity contribution in [1.29, 1.82) is 0 Å². The molecule has 1 nitrogen and oxygen atoms in total. The number of hydrogen-bond donors (Lipinski definition) is 0. The van der Waals surface area contributed by atoms with E-state index in [1.165, 1.54) is 32.1 Å². The molecule has 4 aliphatic carbocycles. The van der Waals surface area contributed by atoms with Crippen LogP contribution in [0.1, 0.15) is 45.4 Å². The van der Waals surface area contributed by atoms with Crippen LogP contribution in [0.3, 0.4) is 0 Å². The fourth-order valence-corrected chi connectivity index (χ4v) is 3.70. The number of fused-ring (bicyclic) bond motifs is 3. The van der Waals surface area contributed by atoms with Crippen LogP contribution in [0, 0.1) is 16.7 Å². The molecule has 0 N–H and O–H groups in total. The molecule has 0 aromatic rings. The number of hydrogen-bond acceptors (Lipinski definition) is 1. The molecule has 1 heteroatoms. The first-order chi connectivity index (χ1) is 5.65. The van der Waals surface area contributed by atoms with E-state index < -0.39 is 0 Å². The van der Waals surface area contributed by atoms with Gasteiger partial charge in [-0.25, -0.2) is 0 Å². The first kappa shape index (κ1) is 7.11. The maximum atomic E-state index is 11.6. The Labute approximate surface area is 73.5 Å². The van der Waals surface area contributed by atoms with Gasteiger partial charge in [0.05, 0.1) is 0 Å². The fourth-order valence-electron chi connectivity index (χ4n) is 3.70. The Balaban J connectivity index is 2.01. The fraction of sp³-hybridized carbons (Fsp3) is 0.909. The highest BCUT2D eigenvalue weighted by atomic mass is 16.1. The zero-order valence-corrected chi connectivity index (χ0v) is 7.73. The van der Waals surface area contributed by atoms with Gasteiger partial charge in [-0.2, -0.15) is 0 Å². The summed E-state index contributed by atoms with van der Waals surface area (Å²) in [6.45, 7) is 2.40. The van der Waals surface area contributed by atoms with E-state index in [0.29, 0.717) is 22.5 Å². The molecule has 3 unspecified atom stereocenters. The van der Waals surface area contributed by atoms with Crippen LogP contribution in [0.15, 0.2) is 0 Å². The van der Waals surface area contributed by atoms with Crippen molar-refractivity contribution in [3.8, 4) is 0 Å². The Kier molecular flexibility index (Phi) is 1.06. The summed E-state index contributed by atoms with van der Waals surface area (Å²) < 4.78 is 0. The van der Waals surface area contributed by atoms with Gasteiger partial charge < -0.3 is 0 Å². The maximum Gasteiger partial charge on any atom is 0.136 e. The summed E-state index contributed by atoms with van der Waals surface area (Å²) in [4.78, 5) is 11.6. The van der Waals surface area contributed by atoms with E-state index in [4.69, 9.17) is 0 Å². The third kappa shape index (κ3) is 0.641. The van der Waals surface area contributed by atoms with Gasteiger partial charge in [0.1, 0.15) is 5.78 Å². The molecule has 2 bridgehead atoms. The van der Waals surface area contributed by atoms with Gasteiger partial charge >= 0.3 is 0 Å². The van der Waals surface area contributed by atoms with Crippen molar-refractivity contribution in [2.75, 3.05) is 0 Å². The second-order valence-corrected chi connectivity index (χ2v) is 5.44. The zero-order valence-electron chi connectivity index (χ0n) is 7.73. The van der Waals surface area contributed by atoms with E-state index in [1.807, 2.05) is 0 Å². The molecule has 0 radical (unpaired) electrons. The predicted octanol–water partition coefficient (Wildman–Crippen LogP) is 2.55. The largest absolute Gasteiger partial charge is 0.299 e. The summed E-state index contributed by atoms with van der Waals surface area (Å²) in [6.07, 6.45) is 7.33.